The molecule has 2 bridgehead atoms. The van der Waals surface area contributed by atoms with Crippen molar-refractivity contribution in [2.75, 3.05) is 0 Å². The summed E-state index contributed by atoms with van der Waals surface area (Å²) in [6, 6.07) is 22.8. The lowest BCUT2D eigenvalue weighted by Gasteiger charge is -2.35. The summed E-state index contributed by atoms with van der Waals surface area (Å²) in [4.78, 5) is 0. The molecule has 9 aromatic rings. The Hall–Kier alpha value is -4.81. The second-order valence-corrected chi connectivity index (χ2v) is 22.4. The molecule has 4 heterocycles. The van der Waals surface area contributed by atoms with Gasteiger partial charge in [0.05, 0.1) is 44.7 Å². The third kappa shape index (κ3) is 3.50. The van der Waals surface area contributed by atoms with Gasteiger partial charge >= 0.3 is 0 Å². The zero-order valence-corrected chi connectivity index (χ0v) is 35.5. The first-order valence-corrected chi connectivity index (χ1v) is 21.9. The minimum absolute atomic E-state index is 0.00195. The van der Waals surface area contributed by atoms with Crippen LogP contribution in [-0.2, 0) is 34.5 Å². The Morgan fingerprint density at radius 1 is 0.667 bits per heavy atom. The SMILES string of the molecule is CC(C)(C)c1cc2c3cc4c(cc3n3c5ccc6c(c5c(c1)c23)CCCC6)c1cc2c(c3c5c6c(c(C#N)cc5n4c13)C1(C)CCC6C1(C)C)C(C)(C)CC2(C)C. The zero-order chi connectivity index (χ0) is 39.2. The number of nitrogens with zero attached hydrogens (tertiary/aromatic N) is 3. The van der Waals surface area contributed by atoms with Gasteiger partial charge in [0.15, 0.2) is 0 Å². The molecule has 1 saturated carbocycles. The Kier molecular flexibility index (Phi) is 5.56. The van der Waals surface area contributed by atoms with Crippen LogP contribution in [0.5, 0.6) is 0 Å². The topological polar surface area (TPSA) is 32.6 Å². The van der Waals surface area contributed by atoms with E-state index in [9.17, 15) is 5.26 Å². The van der Waals surface area contributed by atoms with Crippen LogP contribution in [-0.4, -0.2) is 8.80 Å². The van der Waals surface area contributed by atoms with E-state index in [2.05, 4.69) is 133 Å². The highest BCUT2D eigenvalue weighted by molar-refractivity contribution is 6.30. The van der Waals surface area contributed by atoms with Crippen molar-refractivity contribution in [2.24, 2.45) is 5.41 Å². The first-order chi connectivity index (χ1) is 27.0. The van der Waals surface area contributed by atoms with E-state index < -0.39 is 0 Å². The molecule has 0 saturated heterocycles. The fourth-order valence-corrected chi connectivity index (χ4v) is 14.6. The number of fused-ring (bicyclic) bond motifs is 22. The first-order valence-electron chi connectivity index (χ1n) is 21.9. The van der Waals surface area contributed by atoms with Crippen LogP contribution in [0.3, 0.4) is 0 Å². The predicted octanol–water partition coefficient (Wildman–Crippen LogP) is 14.2. The monoisotopic (exact) mass is 743 g/mol. The Morgan fingerprint density at radius 3 is 2.07 bits per heavy atom. The third-order valence-electron chi connectivity index (χ3n) is 17.3. The van der Waals surface area contributed by atoms with Gasteiger partial charge < -0.3 is 8.80 Å². The quantitative estimate of drug-likeness (QED) is 0.152. The molecule has 4 aliphatic carbocycles. The maximum Gasteiger partial charge on any atom is 0.0995 e. The normalized spacial score (nSPS) is 23.4. The van der Waals surface area contributed by atoms with Crippen LogP contribution < -0.4 is 0 Å². The summed E-state index contributed by atoms with van der Waals surface area (Å²) < 4.78 is 5.27. The van der Waals surface area contributed by atoms with Crippen LogP contribution in [0.1, 0.15) is 152 Å². The van der Waals surface area contributed by atoms with Crippen LogP contribution in [0.15, 0.2) is 48.5 Å². The van der Waals surface area contributed by atoms with E-state index in [0.29, 0.717) is 5.92 Å². The Balaban J connectivity index is 1.28. The highest BCUT2D eigenvalue weighted by Gasteiger charge is 2.61. The molecular formula is C54H53N3. The van der Waals surface area contributed by atoms with Crippen molar-refractivity contribution < 1.29 is 0 Å². The van der Waals surface area contributed by atoms with E-state index in [1.807, 2.05) is 0 Å². The zero-order valence-electron chi connectivity index (χ0n) is 35.5. The number of aryl methyl sites for hydroxylation is 2. The molecule has 4 aromatic heterocycles. The molecule has 0 spiro atoms. The molecule has 284 valence electrons. The summed E-state index contributed by atoms with van der Waals surface area (Å²) in [5, 5.41) is 22.3. The van der Waals surface area contributed by atoms with Crippen molar-refractivity contribution in [3.05, 3.63) is 93.0 Å². The number of benzene rings is 5. The maximum absolute atomic E-state index is 11.0. The Labute approximate surface area is 335 Å². The fourth-order valence-electron chi connectivity index (χ4n) is 14.6. The molecule has 0 aliphatic heterocycles. The van der Waals surface area contributed by atoms with Gasteiger partial charge in [0.25, 0.3) is 0 Å². The third-order valence-corrected chi connectivity index (χ3v) is 17.3. The summed E-state index contributed by atoms with van der Waals surface area (Å²) in [5.41, 5.74) is 19.5. The van der Waals surface area contributed by atoms with Crippen molar-refractivity contribution in [1.29, 1.82) is 5.26 Å². The minimum Gasteiger partial charge on any atom is -0.308 e. The van der Waals surface area contributed by atoms with Gasteiger partial charge in [0, 0.05) is 43.1 Å². The Morgan fingerprint density at radius 2 is 1.35 bits per heavy atom. The highest BCUT2D eigenvalue weighted by Crippen LogP contribution is 2.70. The van der Waals surface area contributed by atoms with Crippen molar-refractivity contribution in [2.45, 2.75) is 142 Å². The van der Waals surface area contributed by atoms with Crippen molar-refractivity contribution in [3.8, 4) is 6.07 Å². The van der Waals surface area contributed by atoms with Crippen molar-refractivity contribution in [1.82, 2.24) is 8.80 Å². The molecule has 5 aromatic carbocycles. The highest BCUT2D eigenvalue weighted by atomic mass is 14.9. The van der Waals surface area contributed by atoms with Crippen LogP contribution in [0.4, 0.5) is 0 Å². The molecule has 3 heteroatoms. The minimum atomic E-state index is -0.00195. The fraction of sp³-hybridized carbons (Fsp3) is 0.426. The average molecular weight is 744 g/mol. The lowest BCUT2D eigenvalue weighted by atomic mass is 9.68. The van der Waals surface area contributed by atoms with E-state index >= 15 is 0 Å². The van der Waals surface area contributed by atoms with Crippen LogP contribution >= 0.6 is 0 Å². The number of hydrogen-bond donors (Lipinski definition) is 0. The molecule has 4 aliphatic rings. The van der Waals surface area contributed by atoms with E-state index in [-0.39, 0.29) is 27.1 Å². The van der Waals surface area contributed by atoms with Gasteiger partial charge in [-0.05, 0) is 159 Å². The van der Waals surface area contributed by atoms with E-state index in [4.69, 9.17) is 0 Å². The van der Waals surface area contributed by atoms with Gasteiger partial charge in [0.1, 0.15) is 0 Å². The molecule has 0 N–H and O–H groups in total. The molecule has 13 rings (SSSR count). The standard InChI is InChI=1S/C54H53N3/c1-50(2,3)29-20-33-31-23-40-32(24-39(31)56-38-16-15-27-13-11-12-14-30(27)42(38)35(21-29)48(33)56)34-22-37-47(52(6,7)26-51(37,4)5)45-44-41(57(40)49(34)45)19-28(25-55)46-43(44)36-17-18-54(46,10)53(36,8)9/h15-16,19-24,36H,11-14,17-18,26H2,1-10H3. The van der Waals surface area contributed by atoms with Crippen LogP contribution in [0.25, 0.3) is 76.2 Å². The van der Waals surface area contributed by atoms with Crippen LogP contribution in [0, 0.1) is 16.7 Å². The van der Waals surface area contributed by atoms with Gasteiger partial charge in [-0.15, -0.1) is 0 Å². The maximum atomic E-state index is 11.0. The number of aromatic nitrogens is 2. The second-order valence-electron chi connectivity index (χ2n) is 22.4. The molecule has 57 heavy (non-hydrogen) atoms. The number of hydrogen-bond acceptors (Lipinski definition) is 1. The largest absolute Gasteiger partial charge is 0.308 e. The molecule has 3 nitrogen and oxygen atoms in total. The Bertz CT molecular complexity index is 3420. The summed E-state index contributed by atoms with van der Waals surface area (Å²) in [6.07, 6.45) is 8.42. The lowest BCUT2D eigenvalue weighted by Crippen LogP contribution is -2.31. The predicted molar refractivity (Wildman–Crippen MR) is 240 cm³/mol. The second kappa shape index (κ2) is 9.55. The molecule has 1 fully saturated rings. The molecule has 2 unspecified atom stereocenters. The number of nitriles is 1. The smallest absolute Gasteiger partial charge is 0.0995 e. The summed E-state index contributed by atoms with van der Waals surface area (Å²) in [6.45, 7) is 24.5. The van der Waals surface area contributed by atoms with Gasteiger partial charge in [-0.2, -0.15) is 5.26 Å². The summed E-state index contributed by atoms with van der Waals surface area (Å²) >= 11 is 0. The van der Waals surface area contributed by atoms with Gasteiger partial charge in [-0.25, -0.2) is 0 Å². The van der Waals surface area contributed by atoms with Crippen molar-refractivity contribution in [3.63, 3.8) is 0 Å². The summed E-state index contributed by atoms with van der Waals surface area (Å²) in [7, 11) is 0. The van der Waals surface area contributed by atoms with E-state index in [1.165, 1.54) is 131 Å². The number of rotatable bonds is 0. The van der Waals surface area contributed by atoms with Gasteiger partial charge in [-0.1, -0.05) is 75.3 Å². The molecule has 0 amide bonds. The van der Waals surface area contributed by atoms with Gasteiger partial charge in [-0.3, -0.25) is 0 Å². The van der Waals surface area contributed by atoms with Crippen molar-refractivity contribution >= 4 is 76.2 Å². The van der Waals surface area contributed by atoms with E-state index in [0.717, 1.165) is 18.4 Å². The molecular weight excluding hydrogens is 691 g/mol. The molecule has 2 atom stereocenters. The summed E-state index contributed by atoms with van der Waals surface area (Å²) in [5.74, 6) is 0.446. The first kappa shape index (κ1) is 33.2. The molecule has 0 radical (unpaired) electrons. The van der Waals surface area contributed by atoms with Gasteiger partial charge in [0.2, 0.25) is 0 Å². The average Bonchev–Trinajstić information content (AvgIpc) is 3.97. The van der Waals surface area contributed by atoms with Crippen LogP contribution in [0.2, 0.25) is 0 Å². The lowest BCUT2D eigenvalue weighted by molar-refractivity contribution is 0.231. The van der Waals surface area contributed by atoms with E-state index in [1.54, 1.807) is 16.7 Å².